The zero-order valence-electron chi connectivity index (χ0n) is 10.2. The minimum Gasteiger partial charge on any atom is -0.478 e. The predicted octanol–water partition coefficient (Wildman–Crippen LogP) is 5.10. The molecule has 5 heteroatoms. The Morgan fingerprint density at radius 3 is 2.55 bits per heavy atom. The Morgan fingerprint density at radius 2 is 1.85 bits per heavy atom. The van der Waals surface area contributed by atoms with Gasteiger partial charge in [-0.25, -0.2) is 4.79 Å². The van der Waals surface area contributed by atoms with Crippen LogP contribution in [0.2, 0.25) is 0 Å². The molecule has 0 aliphatic heterocycles. The largest absolute Gasteiger partial charge is 0.478 e. The highest BCUT2D eigenvalue weighted by Crippen LogP contribution is 2.30. The number of ether oxygens (including phenoxy) is 1. The number of hydrogen-bond donors (Lipinski definition) is 1. The molecule has 0 saturated heterocycles. The first kappa shape index (κ1) is 14.8. The molecule has 0 atom stereocenters. The molecule has 0 fully saturated rings. The van der Waals surface area contributed by atoms with Crippen LogP contribution in [0.3, 0.4) is 0 Å². The smallest absolute Gasteiger partial charge is 0.328 e. The van der Waals surface area contributed by atoms with Crippen molar-refractivity contribution in [1.82, 2.24) is 0 Å². The van der Waals surface area contributed by atoms with E-state index in [1.54, 1.807) is 12.1 Å². The minimum atomic E-state index is -1.00. The van der Waals surface area contributed by atoms with Crippen molar-refractivity contribution in [3.05, 3.63) is 63.0 Å². The van der Waals surface area contributed by atoms with Gasteiger partial charge in [-0.15, -0.1) is 0 Å². The first-order chi connectivity index (χ1) is 9.54. The monoisotopic (exact) mass is 396 g/mol. The zero-order valence-corrected chi connectivity index (χ0v) is 13.4. The highest BCUT2D eigenvalue weighted by Gasteiger charge is 2.05. The van der Waals surface area contributed by atoms with E-state index in [0.717, 1.165) is 15.0 Å². The Bertz CT molecular complexity index is 666. The fourth-order valence-corrected chi connectivity index (χ4v) is 2.32. The van der Waals surface area contributed by atoms with Gasteiger partial charge in [-0.2, -0.15) is 0 Å². The molecular weight excluding hydrogens is 388 g/mol. The number of benzene rings is 2. The molecule has 20 heavy (non-hydrogen) atoms. The molecule has 2 aromatic carbocycles. The van der Waals surface area contributed by atoms with E-state index in [4.69, 9.17) is 9.84 Å². The fourth-order valence-electron chi connectivity index (χ4n) is 1.56. The standard InChI is InChI=1S/C15H10Br2O3/c16-11-2-1-3-13(9-11)20-14-6-5-12(17)8-10(14)4-7-15(18)19/h1-9H,(H,18,19)/b7-4+. The zero-order chi connectivity index (χ0) is 14.5. The second kappa shape index (κ2) is 6.72. The van der Waals surface area contributed by atoms with Crippen molar-refractivity contribution >= 4 is 43.9 Å². The van der Waals surface area contributed by atoms with Gasteiger partial charge in [0.2, 0.25) is 0 Å². The summed E-state index contributed by atoms with van der Waals surface area (Å²) in [6, 6.07) is 12.9. The fraction of sp³-hybridized carbons (Fsp3) is 0. The molecule has 0 aromatic heterocycles. The molecule has 0 heterocycles. The highest BCUT2D eigenvalue weighted by molar-refractivity contribution is 9.10. The first-order valence-corrected chi connectivity index (χ1v) is 7.27. The van der Waals surface area contributed by atoms with Gasteiger partial charge in [0.25, 0.3) is 0 Å². The number of halogens is 2. The van der Waals surface area contributed by atoms with Crippen LogP contribution in [0.4, 0.5) is 0 Å². The summed E-state index contributed by atoms with van der Waals surface area (Å²) in [5.74, 6) is 0.258. The van der Waals surface area contributed by atoms with Crippen LogP contribution in [0.25, 0.3) is 6.08 Å². The summed E-state index contributed by atoms with van der Waals surface area (Å²) in [5.41, 5.74) is 0.682. The van der Waals surface area contributed by atoms with Crippen LogP contribution in [0.5, 0.6) is 11.5 Å². The molecule has 1 N–H and O–H groups in total. The lowest BCUT2D eigenvalue weighted by Gasteiger charge is -2.09. The highest BCUT2D eigenvalue weighted by atomic mass is 79.9. The van der Waals surface area contributed by atoms with E-state index >= 15 is 0 Å². The molecule has 0 radical (unpaired) electrons. The minimum absolute atomic E-state index is 0.587. The predicted molar refractivity (Wildman–Crippen MR) is 85.0 cm³/mol. The van der Waals surface area contributed by atoms with Gasteiger partial charge in [-0.3, -0.25) is 0 Å². The van der Waals surface area contributed by atoms with Crippen molar-refractivity contribution in [2.75, 3.05) is 0 Å². The number of carbonyl (C=O) groups is 1. The van der Waals surface area contributed by atoms with Crippen LogP contribution >= 0.6 is 31.9 Å². The molecule has 102 valence electrons. The number of aliphatic carboxylic acids is 1. The van der Waals surface area contributed by atoms with Crippen molar-refractivity contribution in [3.8, 4) is 11.5 Å². The van der Waals surface area contributed by atoms with Gasteiger partial charge in [-0.1, -0.05) is 37.9 Å². The molecule has 0 unspecified atom stereocenters. The lowest BCUT2D eigenvalue weighted by Crippen LogP contribution is -1.90. The van der Waals surface area contributed by atoms with Gasteiger partial charge < -0.3 is 9.84 Å². The second-order valence-electron chi connectivity index (χ2n) is 3.91. The van der Waals surface area contributed by atoms with Crippen LogP contribution < -0.4 is 4.74 Å². The van der Waals surface area contributed by atoms with Crippen LogP contribution in [0.15, 0.2) is 57.5 Å². The normalized spacial score (nSPS) is 10.7. The summed E-state index contributed by atoms with van der Waals surface area (Å²) in [7, 11) is 0. The molecular formula is C15H10Br2O3. The van der Waals surface area contributed by atoms with Gasteiger partial charge in [-0.05, 0) is 42.5 Å². The molecule has 0 bridgehead atoms. The van der Waals surface area contributed by atoms with Crippen LogP contribution in [-0.4, -0.2) is 11.1 Å². The Balaban J connectivity index is 2.33. The Morgan fingerprint density at radius 1 is 1.10 bits per heavy atom. The lowest BCUT2D eigenvalue weighted by molar-refractivity contribution is -0.131. The summed E-state index contributed by atoms with van der Waals surface area (Å²) >= 11 is 6.73. The Hall–Kier alpha value is -1.59. The van der Waals surface area contributed by atoms with E-state index in [1.165, 1.54) is 6.08 Å². The Labute approximate surface area is 133 Å². The van der Waals surface area contributed by atoms with Gasteiger partial charge in [0.15, 0.2) is 0 Å². The summed E-state index contributed by atoms with van der Waals surface area (Å²) in [5, 5.41) is 8.72. The number of rotatable bonds is 4. The third kappa shape index (κ3) is 4.21. The van der Waals surface area contributed by atoms with E-state index in [1.807, 2.05) is 30.3 Å². The van der Waals surface area contributed by atoms with Crippen molar-refractivity contribution in [2.45, 2.75) is 0 Å². The van der Waals surface area contributed by atoms with Crippen molar-refractivity contribution in [3.63, 3.8) is 0 Å². The summed E-state index contributed by atoms with van der Waals surface area (Å²) in [6.07, 6.45) is 2.58. The van der Waals surface area contributed by atoms with Gasteiger partial charge in [0.1, 0.15) is 11.5 Å². The van der Waals surface area contributed by atoms with E-state index in [-0.39, 0.29) is 0 Å². The molecule has 2 aromatic rings. The van der Waals surface area contributed by atoms with E-state index in [2.05, 4.69) is 31.9 Å². The number of carboxylic acid groups (broad SMARTS) is 1. The molecule has 0 saturated carbocycles. The Kier molecular flexibility index (Phi) is 4.98. The van der Waals surface area contributed by atoms with E-state index in [0.29, 0.717) is 17.1 Å². The molecule has 0 aliphatic carbocycles. The maximum Gasteiger partial charge on any atom is 0.328 e. The summed E-state index contributed by atoms with van der Waals surface area (Å²) < 4.78 is 7.55. The SMILES string of the molecule is O=C(O)/C=C/c1cc(Br)ccc1Oc1cccc(Br)c1. The maximum atomic E-state index is 10.6. The number of hydrogen-bond acceptors (Lipinski definition) is 2. The average molecular weight is 398 g/mol. The van der Waals surface area contributed by atoms with Crippen molar-refractivity contribution in [1.29, 1.82) is 0 Å². The molecule has 2 rings (SSSR count). The van der Waals surface area contributed by atoms with E-state index < -0.39 is 5.97 Å². The molecule has 0 amide bonds. The second-order valence-corrected chi connectivity index (χ2v) is 5.74. The molecule has 0 aliphatic rings. The maximum absolute atomic E-state index is 10.6. The van der Waals surface area contributed by atoms with Gasteiger partial charge in [0.05, 0.1) is 0 Å². The van der Waals surface area contributed by atoms with Crippen molar-refractivity contribution < 1.29 is 14.6 Å². The third-order valence-corrected chi connectivity index (χ3v) is 3.39. The van der Waals surface area contributed by atoms with Crippen molar-refractivity contribution in [2.24, 2.45) is 0 Å². The average Bonchev–Trinajstić information content (AvgIpc) is 2.39. The van der Waals surface area contributed by atoms with Gasteiger partial charge in [0, 0.05) is 20.6 Å². The topological polar surface area (TPSA) is 46.5 Å². The first-order valence-electron chi connectivity index (χ1n) is 5.68. The quantitative estimate of drug-likeness (QED) is 0.730. The molecule has 3 nitrogen and oxygen atoms in total. The van der Waals surface area contributed by atoms with Crippen LogP contribution in [-0.2, 0) is 4.79 Å². The lowest BCUT2D eigenvalue weighted by atomic mass is 10.2. The van der Waals surface area contributed by atoms with Crippen LogP contribution in [0.1, 0.15) is 5.56 Å². The number of carboxylic acids is 1. The third-order valence-electron chi connectivity index (χ3n) is 2.40. The van der Waals surface area contributed by atoms with Gasteiger partial charge >= 0.3 is 5.97 Å². The summed E-state index contributed by atoms with van der Waals surface area (Å²) in [4.78, 5) is 10.6. The van der Waals surface area contributed by atoms with Crippen LogP contribution in [0, 0.1) is 0 Å². The molecule has 0 spiro atoms. The summed E-state index contributed by atoms with van der Waals surface area (Å²) in [6.45, 7) is 0. The van der Waals surface area contributed by atoms with E-state index in [9.17, 15) is 4.79 Å².